The number of hydrogen-bond acceptors (Lipinski definition) is 7. The van der Waals surface area contributed by atoms with Crippen LogP contribution in [0.1, 0.15) is 96.6 Å². The Bertz CT molecular complexity index is 2860. The molecule has 4 N–H and O–H groups in total. The minimum Gasteiger partial charge on any atom is -0.496 e. The molecule has 0 amide bonds. The second-order valence-corrected chi connectivity index (χ2v) is 18.0. The minimum absolute atomic E-state index is 0.0197. The molecule has 0 radical (unpaired) electrons. The Morgan fingerprint density at radius 2 is 1.05 bits per heavy atom. The third-order valence-electron chi connectivity index (χ3n) is 10.9. The fourth-order valence-corrected chi connectivity index (χ4v) is 7.85. The molecule has 0 aliphatic rings. The standard InChI is InChI=1S/C24H25ClFNO5.C23H22ClF2NO4/c1-24(2,3)20(12-28)27-11-16(23(30)31)22(29)15-9-14(19(32-4)10-18(15)27)8-13-6-5-7-17(25)21(13)26;1-23(2,3)19(11-28)27-10-15(22(30)31)21(29)14-8-13(17(25)9-18(14)27)7-12-5-4-6-16(24)20(12)26/h5-7,9-11,20,28H,8,12H2,1-4H3,(H,30,31);4-6,8-10,19,28H,7,11H2,1-3H3,(H,30,31)/t20-;19-/m11/s1. The van der Waals surface area contributed by atoms with Crippen LogP contribution in [0, 0.1) is 28.3 Å². The van der Waals surface area contributed by atoms with E-state index in [1.165, 1.54) is 54.3 Å². The maximum Gasteiger partial charge on any atom is 0.341 e. The maximum absolute atomic E-state index is 15.0. The van der Waals surface area contributed by atoms with Gasteiger partial charge in [0.2, 0.25) is 10.9 Å². The van der Waals surface area contributed by atoms with E-state index in [1.54, 1.807) is 22.8 Å². The lowest BCUT2D eigenvalue weighted by atomic mass is 9.86. The van der Waals surface area contributed by atoms with Gasteiger partial charge in [-0.15, -0.1) is 0 Å². The molecule has 11 nitrogen and oxygen atoms in total. The van der Waals surface area contributed by atoms with E-state index in [2.05, 4.69) is 0 Å². The van der Waals surface area contributed by atoms with Gasteiger partial charge >= 0.3 is 11.9 Å². The van der Waals surface area contributed by atoms with Crippen LogP contribution in [0.4, 0.5) is 13.2 Å². The number of carboxylic acid groups (broad SMARTS) is 2. The van der Waals surface area contributed by atoms with E-state index in [0.717, 1.165) is 12.3 Å². The summed E-state index contributed by atoms with van der Waals surface area (Å²) in [5, 5.41) is 39.2. The van der Waals surface area contributed by atoms with Gasteiger partial charge in [-0.1, -0.05) is 89.0 Å². The van der Waals surface area contributed by atoms with Gasteiger partial charge in [-0.3, -0.25) is 9.59 Å². The Hall–Kier alpha value is -5.67. The number of aromatic nitrogens is 2. The van der Waals surface area contributed by atoms with Crippen LogP contribution >= 0.6 is 23.2 Å². The molecule has 0 bridgehead atoms. The van der Waals surface area contributed by atoms with Gasteiger partial charge in [0.15, 0.2) is 0 Å². The van der Waals surface area contributed by atoms with E-state index >= 15 is 4.39 Å². The monoisotopic (exact) mass is 910 g/mol. The Morgan fingerprint density at radius 1 is 0.651 bits per heavy atom. The van der Waals surface area contributed by atoms with E-state index in [1.807, 2.05) is 41.5 Å². The summed E-state index contributed by atoms with van der Waals surface area (Å²) >= 11 is 11.7. The number of carbonyl (C=O) groups is 2. The molecule has 6 aromatic rings. The van der Waals surface area contributed by atoms with Crippen molar-refractivity contribution in [3.63, 3.8) is 0 Å². The number of benzene rings is 4. The van der Waals surface area contributed by atoms with Crippen molar-refractivity contribution < 1.29 is 47.9 Å². The van der Waals surface area contributed by atoms with Crippen molar-refractivity contribution in [1.82, 2.24) is 9.13 Å². The number of hydrogen-bond donors (Lipinski definition) is 4. The van der Waals surface area contributed by atoms with Crippen LogP contribution < -0.4 is 15.6 Å². The molecule has 2 atom stereocenters. The molecule has 0 saturated carbocycles. The van der Waals surface area contributed by atoms with Crippen LogP contribution in [0.5, 0.6) is 5.75 Å². The molecular formula is C47H47Cl2F3N2O9. The molecule has 2 heterocycles. The summed E-state index contributed by atoms with van der Waals surface area (Å²) < 4.78 is 52.4. The highest BCUT2D eigenvalue weighted by molar-refractivity contribution is 6.31. The second kappa shape index (κ2) is 19.0. The largest absolute Gasteiger partial charge is 0.496 e. The van der Waals surface area contributed by atoms with Gasteiger partial charge in [-0.2, -0.15) is 0 Å². The van der Waals surface area contributed by atoms with Gasteiger partial charge in [-0.25, -0.2) is 22.8 Å². The summed E-state index contributed by atoms with van der Waals surface area (Å²) in [5.74, 6) is -4.34. The highest BCUT2D eigenvalue weighted by Crippen LogP contribution is 2.36. The third kappa shape index (κ3) is 10.1. The highest BCUT2D eigenvalue weighted by Gasteiger charge is 2.30. The molecule has 4 aromatic carbocycles. The van der Waals surface area contributed by atoms with Crippen LogP contribution in [0.3, 0.4) is 0 Å². The average molecular weight is 912 g/mol. The molecule has 2 aromatic heterocycles. The second-order valence-electron chi connectivity index (χ2n) is 17.2. The van der Waals surface area contributed by atoms with Crippen molar-refractivity contribution in [3.05, 3.63) is 154 Å². The molecule has 0 saturated heterocycles. The van der Waals surface area contributed by atoms with E-state index in [-0.39, 0.29) is 63.5 Å². The number of aliphatic hydroxyl groups excluding tert-OH is 2. The normalized spacial score (nSPS) is 12.8. The smallest absolute Gasteiger partial charge is 0.341 e. The summed E-state index contributed by atoms with van der Waals surface area (Å²) in [6.45, 7) is 10.6. The van der Waals surface area contributed by atoms with E-state index in [4.69, 9.17) is 27.9 Å². The molecule has 0 spiro atoms. The molecule has 0 aliphatic heterocycles. The lowest BCUT2D eigenvalue weighted by Gasteiger charge is -2.33. The van der Waals surface area contributed by atoms with Crippen molar-refractivity contribution in [2.75, 3.05) is 20.3 Å². The van der Waals surface area contributed by atoms with Crippen LogP contribution in [0.25, 0.3) is 21.8 Å². The van der Waals surface area contributed by atoms with Gasteiger partial charge in [0.05, 0.1) is 53.5 Å². The number of halogens is 5. The van der Waals surface area contributed by atoms with Crippen molar-refractivity contribution in [3.8, 4) is 5.75 Å². The highest BCUT2D eigenvalue weighted by atomic mass is 35.5. The van der Waals surface area contributed by atoms with E-state index in [0.29, 0.717) is 22.4 Å². The first-order valence-electron chi connectivity index (χ1n) is 19.6. The molecule has 0 aliphatic carbocycles. The minimum atomic E-state index is -1.43. The van der Waals surface area contributed by atoms with Crippen LogP contribution in [0.2, 0.25) is 10.0 Å². The fourth-order valence-electron chi connectivity index (χ4n) is 7.46. The summed E-state index contributed by atoms with van der Waals surface area (Å²) in [6.07, 6.45) is 2.31. The number of aromatic carboxylic acids is 2. The molecule has 6 rings (SSSR count). The molecule has 63 heavy (non-hydrogen) atoms. The molecule has 334 valence electrons. The number of methoxy groups -OCH3 is 1. The van der Waals surface area contributed by atoms with Crippen LogP contribution in [-0.2, 0) is 12.8 Å². The number of nitrogens with zero attached hydrogens (tertiary/aromatic N) is 2. The van der Waals surface area contributed by atoms with Gasteiger partial charge in [0, 0.05) is 42.1 Å². The van der Waals surface area contributed by atoms with Gasteiger partial charge in [0.1, 0.15) is 34.3 Å². The topological polar surface area (TPSA) is 168 Å². The molecular weight excluding hydrogens is 864 g/mol. The summed E-state index contributed by atoms with van der Waals surface area (Å²) in [5.41, 5.74) is -1.77. The first kappa shape index (κ1) is 48.4. The van der Waals surface area contributed by atoms with Crippen LogP contribution in [0.15, 0.2) is 82.6 Å². The lowest BCUT2D eigenvalue weighted by Crippen LogP contribution is -2.30. The number of pyridine rings is 2. The first-order chi connectivity index (χ1) is 29.4. The zero-order chi connectivity index (χ0) is 46.9. The zero-order valence-electron chi connectivity index (χ0n) is 35.5. The Morgan fingerprint density at radius 3 is 1.43 bits per heavy atom. The first-order valence-corrected chi connectivity index (χ1v) is 20.4. The van der Waals surface area contributed by atoms with Crippen molar-refractivity contribution >= 4 is 56.9 Å². The van der Waals surface area contributed by atoms with E-state index < -0.39 is 74.3 Å². The van der Waals surface area contributed by atoms with Gasteiger partial charge in [0.25, 0.3) is 0 Å². The SMILES string of the molecule is CC(C)(C)[C@@H](CO)n1cc(C(=O)O)c(=O)c2cc(Cc3cccc(Cl)c3F)c(F)cc21.COc1cc2c(cc1Cc1cccc(Cl)c1F)c(=O)c(C(=O)O)cn2[C@H](CO)C(C)(C)C. The summed E-state index contributed by atoms with van der Waals surface area (Å²) in [4.78, 5) is 49.3. The Balaban J connectivity index is 0.000000238. The van der Waals surface area contributed by atoms with Crippen molar-refractivity contribution in [2.45, 2.75) is 66.5 Å². The number of rotatable bonds is 11. The number of aliphatic hydroxyl groups is 2. The predicted molar refractivity (Wildman–Crippen MR) is 236 cm³/mol. The average Bonchev–Trinajstić information content (AvgIpc) is 3.20. The Kier molecular flexibility index (Phi) is 14.6. The Labute approximate surface area is 370 Å². The summed E-state index contributed by atoms with van der Waals surface area (Å²) in [7, 11) is 1.46. The van der Waals surface area contributed by atoms with Crippen LogP contribution in [-0.4, -0.2) is 61.8 Å². The predicted octanol–water partition coefficient (Wildman–Crippen LogP) is 9.47. The van der Waals surface area contributed by atoms with Crippen molar-refractivity contribution in [2.24, 2.45) is 10.8 Å². The number of fused-ring (bicyclic) bond motifs is 2. The third-order valence-corrected chi connectivity index (χ3v) is 11.5. The lowest BCUT2D eigenvalue weighted by molar-refractivity contribution is 0.0682. The molecule has 0 unspecified atom stereocenters. The van der Waals surface area contributed by atoms with E-state index in [9.17, 15) is 48.4 Å². The zero-order valence-corrected chi connectivity index (χ0v) is 37.0. The molecule has 16 heteroatoms. The number of ether oxygens (including phenoxy) is 1. The number of carboxylic acids is 2. The fraction of sp³-hybridized carbons (Fsp3) is 0.319. The maximum atomic E-state index is 15.0. The quantitative estimate of drug-likeness (QED) is 0.0990. The summed E-state index contributed by atoms with van der Waals surface area (Å²) in [6, 6.07) is 13.4. The molecule has 0 fully saturated rings. The van der Waals surface area contributed by atoms with Crippen molar-refractivity contribution in [1.29, 1.82) is 0 Å². The van der Waals surface area contributed by atoms with Gasteiger partial charge in [-0.05, 0) is 63.4 Å². The van der Waals surface area contributed by atoms with Gasteiger partial charge < -0.3 is 34.3 Å².